The number of halogens is 1. The van der Waals surface area contributed by atoms with Gasteiger partial charge < -0.3 is 9.15 Å². The number of ether oxygens (including phenoxy) is 1. The SMILES string of the molecule is C=CCC/C=C/CCc1ccc(-c2cc3ccc(OCCCCCC)c(F)c3c(=O)o2)cc1. The Morgan fingerprint density at radius 3 is 2.55 bits per heavy atom. The third-order valence-corrected chi connectivity index (χ3v) is 5.63. The molecule has 0 bridgehead atoms. The molecule has 0 N–H and O–H groups in total. The van der Waals surface area contributed by atoms with Gasteiger partial charge in [-0.3, -0.25) is 0 Å². The molecule has 2 aromatic carbocycles. The number of aryl methyl sites for hydroxylation is 1. The minimum Gasteiger partial charge on any atom is -0.490 e. The third-order valence-electron chi connectivity index (χ3n) is 5.63. The number of rotatable bonds is 13. The second-order valence-electron chi connectivity index (χ2n) is 8.22. The van der Waals surface area contributed by atoms with E-state index in [2.05, 4.69) is 25.7 Å². The summed E-state index contributed by atoms with van der Waals surface area (Å²) < 4.78 is 26.0. The van der Waals surface area contributed by atoms with E-state index in [4.69, 9.17) is 9.15 Å². The number of hydrogen-bond donors (Lipinski definition) is 0. The van der Waals surface area contributed by atoms with Gasteiger partial charge in [0.05, 0.1) is 6.61 Å². The highest BCUT2D eigenvalue weighted by Gasteiger charge is 2.15. The Hall–Kier alpha value is -3.14. The van der Waals surface area contributed by atoms with Crippen LogP contribution < -0.4 is 10.4 Å². The molecule has 3 nitrogen and oxygen atoms in total. The predicted molar refractivity (Wildman–Crippen MR) is 134 cm³/mol. The highest BCUT2D eigenvalue weighted by atomic mass is 19.1. The summed E-state index contributed by atoms with van der Waals surface area (Å²) >= 11 is 0. The van der Waals surface area contributed by atoms with Crippen molar-refractivity contribution in [3.63, 3.8) is 0 Å². The van der Waals surface area contributed by atoms with Crippen molar-refractivity contribution in [2.75, 3.05) is 6.61 Å². The Morgan fingerprint density at radius 2 is 1.79 bits per heavy atom. The van der Waals surface area contributed by atoms with E-state index < -0.39 is 11.4 Å². The smallest absolute Gasteiger partial charge is 0.347 e. The molecule has 0 atom stereocenters. The molecular formula is C29H33FO3. The van der Waals surface area contributed by atoms with Crippen LogP contribution in [0.2, 0.25) is 0 Å². The van der Waals surface area contributed by atoms with Gasteiger partial charge in [0, 0.05) is 5.56 Å². The molecule has 0 aliphatic heterocycles. The molecule has 0 saturated heterocycles. The van der Waals surface area contributed by atoms with Gasteiger partial charge in [0.15, 0.2) is 11.6 Å². The van der Waals surface area contributed by atoms with Crippen LogP contribution in [0.25, 0.3) is 22.1 Å². The van der Waals surface area contributed by atoms with Crippen molar-refractivity contribution >= 4 is 10.8 Å². The molecular weight excluding hydrogens is 415 g/mol. The molecule has 1 aromatic heterocycles. The Balaban J connectivity index is 1.70. The normalized spacial score (nSPS) is 11.3. The number of unbranched alkanes of at least 4 members (excludes halogenated alkanes) is 4. The molecule has 0 spiro atoms. The van der Waals surface area contributed by atoms with E-state index in [0.29, 0.717) is 17.8 Å². The van der Waals surface area contributed by atoms with E-state index in [-0.39, 0.29) is 11.1 Å². The summed E-state index contributed by atoms with van der Waals surface area (Å²) in [5.74, 6) is -0.127. The van der Waals surface area contributed by atoms with E-state index in [1.165, 1.54) is 5.56 Å². The van der Waals surface area contributed by atoms with E-state index in [1.54, 1.807) is 18.2 Å². The molecule has 0 aliphatic rings. The maximum absolute atomic E-state index is 14.9. The molecule has 3 aromatic rings. The minimum atomic E-state index is -0.690. The fourth-order valence-corrected chi connectivity index (χ4v) is 3.72. The summed E-state index contributed by atoms with van der Waals surface area (Å²) in [4.78, 5) is 12.6. The molecule has 33 heavy (non-hydrogen) atoms. The van der Waals surface area contributed by atoms with E-state index in [0.717, 1.165) is 56.9 Å². The van der Waals surface area contributed by atoms with Crippen molar-refractivity contribution in [2.24, 2.45) is 0 Å². The topological polar surface area (TPSA) is 39.4 Å². The molecule has 0 radical (unpaired) electrons. The van der Waals surface area contributed by atoms with Gasteiger partial charge in [-0.2, -0.15) is 0 Å². The van der Waals surface area contributed by atoms with Gasteiger partial charge in [0.2, 0.25) is 0 Å². The zero-order valence-corrected chi connectivity index (χ0v) is 19.4. The maximum atomic E-state index is 14.9. The maximum Gasteiger partial charge on any atom is 0.347 e. The predicted octanol–water partition coefficient (Wildman–Crippen LogP) is 8.01. The summed E-state index contributed by atoms with van der Waals surface area (Å²) in [6, 6.07) is 13.0. The quantitative estimate of drug-likeness (QED) is 0.196. The zero-order chi connectivity index (χ0) is 23.5. The van der Waals surface area contributed by atoms with Crippen molar-refractivity contribution in [3.05, 3.63) is 89.1 Å². The lowest BCUT2D eigenvalue weighted by Crippen LogP contribution is -2.06. The van der Waals surface area contributed by atoms with Crippen molar-refractivity contribution in [2.45, 2.75) is 58.3 Å². The first-order valence-corrected chi connectivity index (χ1v) is 11.9. The van der Waals surface area contributed by atoms with Gasteiger partial charge in [-0.25, -0.2) is 9.18 Å². The van der Waals surface area contributed by atoms with Crippen LogP contribution in [0.15, 0.2) is 76.5 Å². The van der Waals surface area contributed by atoms with Crippen LogP contribution in [-0.4, -0.2) is 6.61 Å². The van der Waals surface area contributed by atoms with Crippen molar-refractivity contribution in [1.29, 1.82) is 0 Å². The Labute approximate surface area is 195 Å². The van der Waals surface area contributed by atoms with Crippen LogP contribution in [0, 0.1) is 5.82 Å². The van der Waals surface area contributed by atoms with Crippen LogP contribution >= 0.6 is 0 Å². The van der Waals surface area contributed by atoms with Gasteiger partial charge in [-0.05, 0) is 55.2 Å². The van der Waals surface area contributed by atoms with E-state index in [1.807, 2.05) is 30.3 Å². The van der Waals surface area contributed by atoms with Gasteiger partial charge in [0.25, 0.3) is 0 Å². The lowest BCUT2D eigenvalue weighted by atomic mass is 10.0. The standard InChI is InChI=1S/C29H33FO3/c1-3-5-7-9-10-11-13-22-14-16-23(17-15-22)26-21-24-18-19-25(32-20-12-8-6-4-2)28(30)27(24)29(31)33-26/h3,9-10,14-19,21H,1,4-8,11-13,20H2,2H3/b10-9+. The van der Waals surface area contributed by atoms with Gasteiger partial charge in [-0.1, -0.05) is 74.7 Å². The van der Waals surface area contributed by atoms with Gasteiger partial charge in [0.1, 0.15) is 11.1 Å². The molecule has 1 heterocycles. The third kappa shape index (κ3) is 6.92. The molecule has 0 amide bonds. The second kappa shape index (κ2) is 12.8. The first-order valence-electron chi connectivity index (χ1n) is 11.9. The van der Waals surface area contributed by atoms with Gasteiger partial charge in [-0.15, -0.1) is 6.58 Å². The summed E-state index contributed by atoms with van der Waals surface area (Å²) in [5.41, 5.74) is 1.31. The largest absolute Gasteiger partial charge is 0.490 e. The molecule has 0 unspecified atom stereocenters. The highest BCUT2D eigenvalue weighted by molar-refractivity contribution is 5.86. The van der Waals surface area contributed by atoms with E-state index >= 15 is 0 Å². The Kier molecular flexibility index (Phi) is 9.49. The average Bonchev–Trinajstić information content (AvgIpc) is 2.82. The summed E-state index contributed by atoms with van der Waals surface area (Å²) in [6.07, 6.45) is 14.4. The van der Waals surface area contributed by atoms with Crippen LogP contribution in [0.5, 0.6) is 5.75 Å². The molecule has 0 saturated carbocycles. The van der Waals surface area contributed by atoms with Crippen molar-refractivity contribution < 1.29 is 13.5 Å². The molecule has 0 aliphatic carbocycles. The number of fused-ring (bicyclic) bond motifs is 1. The molecule has 4 heteroatoms. The number of hydrogen-bond acceptors (Lipinski definition) is 3. The van der Waals surface area contributed by atoms with Gasteiger partial charge >= 0.3 is 5.63 Å². The van der Waals surface area contributed by atoms with E-state index in [9.17, 15) is 9.18 Å². The van der Waals surface area contributed by atoms with Crippen LogP contribution in [0.3, 0.4) is 0 Å². The Morgan fingerprint density at radius 1 is 1.00 bits per heavy atom. The molecule has 0 fully saturated rings. The summed E-state index contributed by atoms with van der Waals surface area (Å²) in [6.45, 7) is 6.29. The first-order chi connectivity index (χ1) is 16.1. The summed E-state index contributed by atoms with van der Waals surface area (Å²) in [5, 5.41) is 0.440. The zero-order valence-electron chi connectivity index (χ0n) is 19.4. The van der Waals surface area contributed by atoms with Crippen LogP contribution in [-0.2, 0) is 6.42 Å². The summed E-state index contributed by atoms with van der Waals surface area (Å²) in [7, 11) is 0. The fourth-order valence-electron chi connectivity index (χ4n) is 3.72. The minimum absolute atomic E-state index is 0.0651. The Bertz CT molecular complexity index is 1130. The lowest BCUT2D eigenvalue weighted by Gasteiger charge is -2.09. The van der Waals surface area contributed by atoms with Crippen LogP contribution in [0.1, 0.15) is 57.4 Å². The van der Waals surface area contributed by atoms with Crippen molar-refractivity contribution in [1.82, 2.24) is 0 Å². The van der Waals surface area contributed by atoms with Crippen molar-refractivity contribution in [3.8, 4) is 17.1 Å². The number of allylic oxidation sites excluding steroid dienone is 3. The first kappa shape index (κ1) is 24.5. The second-order valence-corrected chi connectivity index (χ2v) is 8.22. The molecule has 3 rings (SSSR count). The fraction of sp³-hybridized carbons (Fsp3) is 0.345. The van der Waals surface area contributed by atoms with Crippen LogP contribution in [0.4, 0.5) is 4.39 Å². The highest BCUT2D eigenvalue weighted by Crippen LogP contribution is 2.28. The monoisotopic (exact) mass is 448 g/mol. The molecule has 174 valence electrons. The number of benzene rings is 2. The lowest BCUT2D eigenvalue weighted by molar-refractivity contribution is 0.291. The average molecular weight is 449 g/mol.